The zero-order valence-electron chi connectivity index (χ0n) is 14.9. The lowest BCUT2D eigenvalue weighted by molar-refractivity contribution is 0.166. The van der Waals surface area contributed by atoms with Gasteiger partial charge in [-0.15, -0.1) is 0 Å². The number of amidine groups is 1. The van der Waals surface area contributed by atoms with Gasteiger partial charge in [-0.3, -0.25) is 4.99 Å². The number of urea groups is 1. The number of piperazine rings is 1. The largest absolute Gasteiger partial charge is 0.353 e. The Labute approximate surface area is 155 Å². The van der Waals surface area contributed by atoms with Crippen molar-refractivity contribution in [1.29, 1.82) is 0 Å². The number of hydrogen-bond donors (Lipinski definition) is 1. The highest BCUT2D eigenvalue weighted by Gasteiger charge is 2.27. The van der Waals surface area contributed by atoms with E-state index in [1.54, 1.807) is 11.2 Å². The summed E-state index contributed by atoms with van der Waals surface area (Å²) in [5.41, 5.74) is -0.0307. The molecule has 1 aromatic rings. The Hall–Kier alpha value is -2.97. The van der Waals surface area contributed by atoms with E-state index < -0.39 is 17.7 Å². The van der Waals surface area contributed by atoms with Crippen molar-refractivity contribution in [1.82, 2.24) is 14.7 Å². The Balaban J connectivity index is 1.35. The van der Waals surface area contributed by atoms with E-state index in [2.05, 4.69) is 27.1 Å². The summed E-state index contributed by atoms with van der Waals surface area (Å²) < 4.78 is 26.7. The summed E-state index contributed by atoms with van der Waals surface area (Å²) in [7, 11) is 0. The molecule has 3 heterocycles. The molecular weight excluding hydrogens is 354 g/mol. The van der Waals surface area contributed by atoms with Crippen LogP contribution in [-0.4, -0.2) is 71.7 Å². The molecule has 1 unspecified atom stereocenters. The number of carbonyl (C=O) groups is 1. The molecule has 0 aliphatic carbocycles. The van der Waals surface area contributed by atoms with Crippen LogP contribution in [0.15, 0.2) is 40.1 Å². The van der Waals surface area contributed by atoms with E-state index in [0.717, 1.165) is 30.3 Å². The van der Waals surface area contributed by atoms with Crippen molar-refractivity contribution in [2.45, 2.75) is 13.0 Å². The van der Waals surface area contributed by atoms with Crippen molar-refractivity contribution < 1.29 is 13.6 Å². The topological polar surface area (TPSA) is 63.5 Å². The van der Waals surface area contributed by atoms with Gasteiger partial charge in [0.2, 0.25) is 0 Å². The summed E-state index contributed by atoms with van der Waals surface area (Å²) >= 11 is 0. The number of nitrogens with zero attached hydrogens (tertiary/aromatic N) is 5. The fourth-order valence-corrected chi connectivity index (χ4v) is 3.32. The quantitative estimate of drug-likeness (QED) is 0.862. The fraction of sp³-hybridized carbons (Fsp3) is 0.389. The zero-order chi connectivity index (χ0) is 19.0. The Morgan fingerprint density at radius 2 is 2.00 bits per heavy atom. The van der Waals surface area contributed by atoms with Gasteiger partial charge in [-0.05, 0) is 19.1 Å². The van der Waals surface area contributed by atoms with Crippen LogP contribution in [0.5, 0.6) is 0 Å². The molecule has 1 aromatic carbocycles. The Bertz CT molecular complexity index is 844. The first-order valence-electron chi connectivity index (χ1n) is 8.86. The van der Waals surface area contributed by atoms with Crippen LogP contribution in [0.3, 0.4) is 0 Å². The molecule has 1 N–H and O–H groups in total. The number of nitrogens with one attached hydrogen (secondary N) is 1. The molecule has 0 radical (unpaired) electrons. The minimum atomic E-state index is -0.792. The molecule has 0 spiro atoms. The maximum Gasteiger partial charge on any atom is 0.322 e. The number of carbonyl (C=O) groups excluding carboxylic acids is 1. The highest BCUT2D eigenvalue weighted by Crippen LogP contribution is 2.20. The van der Waals surface area contributed by atoms with Gasteiger partial charge in [0.25, 0.3) is 0 Å². The lowest BCUT2D eigenvalue weighted by Crippen LogP contribution is -2.50. The van der Waals surface area contributed by atoms with Crippen LogP contribution >= 0.6 is 0 Å². The second kappa shape index (κ2) is 6.98. The summed E-state index contributed by atoms with van der Waals surface area (Å²) in [6.45, 7) is 5.10. The molecule has 7 nitrogen and oxygen atoms in total. The van der Waals surface area contributed by atoms with E-state index in [1.165, 1.54) is 6.07 Å². The van der Waals surface area contributed by atoms with Crippen LogP contribution in [-0.2, 0) is 0 Å². The van der Waals surface area contributed by atoms with E-state index in [4.69, 9.17) is 0 Å². The highest BCUT2D eigenvalue weighted by molar-refractivity contribution is 6.03. The number of aliphatic imine (C=N–C) groups is 2. The molecule has 1 atom stereocenters. The van der Waals surface area contributed by atoms with Gasteiger partial charge < -0.3 is 20.0 Å². The summed E-state index contributed by atoms with van der Waals surface area (Å²) in [5, 5.41) is 2.49. The molecular formula is C18H20F2N6O. The van der Waals surface area contributed by atoms with Crippen LogP contribution in [0.4, 0.5) is 19.3 Å². The summed E-state index contributed by atoms with van der Waals surface area (Å²) in [6.07, 6.45) is 3.77. The molecule has 0 aromatic heterocycles. The smallest absolute Gasteiger partial charge is 0.322 e. The van der Waals surface area contributed by atoms with E-state index in [9.17, 15) is 13.6 Å². The van der Waals surface area contributed by atoms with Gasteiger partial charge in [-0.2, -0.15) is 0 Å². The number of anilines is 1. The molecule has 3 aliphatic rings. The first-order chi connectivity index (χ1) is 13.0. The molecule has 0 saturated carbocycles. The predicted molar refractivity (Wildman–Crippen MR) is 98.7 cm³/mol. The standard InChI is InChI=1S/C18H20F2N6O/c1-12-10-26-11-21-16(9-17(26)22-12)24-4-6-25(7-5-24)18(27)23-15-3-2-13(19)8-14(15)20/h2-3,8-9,11-12H,4-7,10H2,1H3,(H,23,27). The Morgan fingerprint density at radius 1 is 1.22 bits per heavy atom. The second-order valence-electron chi connectivity index (χ2n) is 6.76. The van der Waals surface area contributed by atoms with E-state index in [-0.39, 0.29) is 11.7 Å². The van der Waals surface area contributed by atoms with Gasteiger partial charge >= 0.3 is 6.03 Å². The third kappa shape index (κ3) is 3.62. The summed E-state index contributed by atoms with van der Waals surface area (Å²) in [6, 6.07) is 2.93. The third-order valence-corrected chi connectivity index (χ3v) is 4.76. The predicted octanol–water partition coefficient (Wildman–Crippen LogP) is 2.10. The molecule has 1 fully saturated rings. The fourth-order valence-electron chi connectivity index (χ4n) is 3.32. The first kappa shape index (κ1) is 17.4. The van der Waals surface area contributed by atoms with E-state index in [1.807, 2.05) is 11.0 Å². The van der Waals surface area contributed by atoms with Crippen molar-refractivity contribution in [3.63, 3.8) is 0 Å². The zero-order valence-corrected chi connectivity index (χ0v) is 14.9. The van der Waals surface area contributed by atoms with Crippen molar-refractivity contribution in [3.05, 3.63) is 41.7 Å². The van der Waals surface area contributed by atoms with Gasteiger partial charge in [0.1, 0.15) is 23.3 Å². The normalized spacial score (nSPS) is 21.7. The van der Waals surface area contributed by atoms with Crippen LogP contribution in [0.2, 0.25) is 0 Å². The van der Waals surface area contributed by atoms with Gasteiger partial charge in [0.05, 0.1) is 18.1 Å². The number of fused-ring (bicyclic) bond motifs is 1. The maximum absolute atomic E-state index is 13.7. The molecule has 3 aliphatic heterocycles. The molecule has 4 rings (SSSR count). The average molecular weight is 374 g/mol. The lowest BCUT2D eigenvalue weighted by atomic mass is 10.3. The van der Waals surface area contributed by atoms with Gasteiger partial charge in [-0.1, -0.05) is 0 Å². The summed E-state index contributed by atoms with van der Waals surface area (Å²) in [4.78, 5) is 27.1. The number of amides is 2. The van der Waals surface area contributed by atoms with Gasteiger partial charge in [0, 0.05) is 44.9 Å². The molecule has 1 saturated heterocycles. The molecule has 27 heavy (non-hydrogen) atoms. The Morgan fingerprint density at radius 3 is 2.74 bits per heavy atom. The highest BCUT2D eigenvalue weighted by atomic mass is 19.1. The minimum Gasteiger partial charge on any atom is -0.353 e. The third-order valence-electron chi connectivity index (χ3n) is 4.76. The molecule has 9 heteroatoms. The lowest BCUT2D eigenvalue weighted by Gasteiger charge is -2.36. The average Bonchev–Trinajstić information content (AvgIpc) is 3.03. The van der Waals surface area contributed by atoms with Crippen LogP contribution in [0, 0.1) is 11.6 Å². The van der Waals surface area contributed by atoms with Gasteiger partial charge in [-0.25, -0.2) is 18.6 Å². The number of hydrogen-bond acceptors (Lipinski definition) is 5. The van der Waals surface area contributed by atoms with Crippen LogP contribution < -0.4 is 5.32 Å². The number of rotatable bonds is 2. The van der Waals surface area contributed by atoms with Gasteiger partial charge in [0.15, 0.2) is 0 Å². The Kier molecular flexibility index (Phi) is 4.51. The van der Waals surface area contributed by atoms with E-state index in [0.29, 0.717) is 26.2 Å². The number of halogens is 2. The molecule has 2 amide bonds. The maximum atomic E-state index is 13.7. The summed E-state index contributed by atoms with van der Waals surface area (Å²) in [5.74, 6) is 0.281. The SMILES string of the molecule is CC1CN2C=NC(N3CCN(C(=O)Nc4ccc(F)cc4F)CC3)=CC2=N1. The van der Waals surface area contributed by atoms with Crippen molar-refractivity contribution in [3.8, 4) is 0 Å². The van der Waals surface area contributed by atoms with Crippen molar-refractivity contribution in [2.24, 2.45) is 9.98 Å². The van der Waals surface area contributed by atoms with Crippen molar-refractivity contribution >= 4 is 23.9 Å². The van der Waals surface area contributed by atoms with Crippen LogP contribution in [0.1, 0.15) is 6.92 Å². The van der Waals surface area contributed by atoms with Crippen LogP contribution in [0.25, 0.3) is 0 Å². The minimum absolute atomic E-state index is 0.0307. The second-order valence-corrected chi connectivity index (χ2v) is 6.76. The van der Waals surface area contributed by atoms with E-state index >= 15 is 0 Å². The number of benzene rings is 1. The molecule has 0 bridgehead atoms. The molecule has 142 valence electrons. The van der Waals surface area contributed by atoms with Crippen molar-refractivity contribution in [2.75, 3.05) is 38.0 Å². The first-order valence-corrected chi connectivity index (χ1v) is 8.86. The monoisotopic (exact) mass is 374 g/mol.